The van der Waals surface area contributed by atoms with Gasteiger partial charge in [-0.3, -0.25) is 0 Å². The van der Waals surface area contributed by atoms with Crippen LogP contribution >= 0.6 is 0 Å². The molecule has 1 N–H and O–H groups in total. The van der Waals surface area contributed by atoms with Gasteiger partial charge >= 0.3 is 0 Å². The Labute approximate surface area is 115 Å². The van der Waals surface area contributed by atoms with Crippen LogP contribution in [0.4, 0.5) is 0 Å². The fourth-order valence-electron chi connectivity index (χ4n) is 3.35. The van der Waals surface area contributed by atoms with E-state index in [1.165, 1.54) is 42.4 Å². The van der Waals surface area contributed by atoms with Gasteiger partial charge in [-0.05, 0) is 44.4 Å². The number of hydrogen-bond acceptors (Lipinski definition) is 2. The molecule has 1 fully saturated rings. The molecule has 1 aliphatic carbocycles. The van der Waals surface area contributed by atoms with E-state index in [4.69, 9.17) is 4.42 Å². The van der Waals surface area contributed by atoms with Gasteiger partial charge in [0.25, 0.3) is 0 Å². The zero-order valence-electron chi connectivity index (χ0n) is 11.9. The predicted octanol–water partition coefficient (Wildman–Crippen LogP) is 4.38. The van der Waals surface area contributed by atoms with Crippen molar-refractivity contribution in [3.05, 3.63) is 35.6 Å². The summed E-state index contributed by atoms with van der Waals surface area (Å²) in [5, 5.41) is 4.84. The average molecular weight is 257 g/mol. The molecule has 2 atom stereocenters. The highest BCUT2D eigenvalue weighted by atomic mass is 16.3. The molecule has 2 unspecified atom stereocenters. The van der Waals surface area contributed by atoms with E-state index in [0.717, 1.165) is 12.1 Å². The first-order chi connectivity index (χ1) is 9.28. The third kappa shape index (κ3) is 2.55. The van der Waals surface area contributed by atoms with Crippen LogP contribution in [0.15, 0.2) is 28.7 Å². The number of fused-ring (bicyclic) bond motifs is 1. The van der Waals surface area contributed by atoms with Gasteiger partial charge in [-0.25, -0.2) is 0 Å². The maximum absolute atomic E-state index is 6.14. The highest BCUT2D eigenvalue weighted by Gasteiger charge is 2.25. The highest BCUT2D eigenvalue weighted by Crippen LogP contribution is 2.36. The van der Waals surface area contributed by atoms with Crippen molar-refractivity contribution < 1.29 is 4.42 Å². The Hall–Kier alpha value is -1.28. The number of furan rings is 1. The van der Waals surface area contributed by atoms with Gasteiger partial charge in [0, 0.05) is 17.3 Å². The first kappa shape index (κ1) is 12.7. The predicted molar refractivity (Wildman–Crippen MR) is 79.6 cm³/mol. The van der Waals surface area contributed by atoms with Crippen LogP contribution < -0.4 is 5.32 Å². The molecule has 0 aliphatic heterocycles. The summed E-state index contributed by atoms with van der Waals surface area (Å²) in [6, 6.07) is 9.30. The van der Waals surface area contributed by atoms with Crippen LogP contribution in [0.1, 0.15) is 49.8 Å². The van der Waals surface area contributed by atoms with Crippen LogP contribution in [0.25, 0.3) is 11.0 Å². The smallest absolute Gasteiger partial charge is 0.137 e. The molecule has 1 heterocycles. The molecule has 1 aliphatic rings. The van der Waals surface area contributed by atoms with Crippen molar-refractivity contribution in [3.63, 3.8) is 0 Å². The van der Waals surface area contributed by atoms with E-state index >= 15 is 0 Å². The number of nitrogens with one attached hydrogen (secondary N) is 1. The molecule has 3 rings (SSSR count). The van der Waals surface area contributed by atoms with Gasteiger partial charge in [0.05, 0.1) is 0 Å². The molecule has 0 bridgehead atoms. The van der Waals surface area contributed by atoms with E-state index in [1.807, 2.05) is 0 Å². The summed E-state index contributed by atoms with van der Waals surface area (Å²) >= 11 is 0. The molecule has 0 spiro atoms. The monoisotopic (exact) mass is 257 g/mol. The third-order valence-electron chi connectivity index (χ3n) is 4.33. The quantitative estimate of drug-likeness (QED) is 0.883. The lowest BCUT2D eigenvalue weighted by Gasteiger charge is -2.28. The molecule has 1 aromatic carbocycles. The molecule has 0 saturated heterocycles. The first-order valence-electron chi connectivity index (χ1n) is 7.50. The van der Waals surface area contributed by atoms with Gasteiger partial charge in [-0.2, -0.15) is 0 Å². The molecule has 2 nitrogen and oxygen atoms in total. The second kappa shape index (κ2) is 5.38. The van der Waals surface area contributed by atoms with E-state index < -0.39 is 0 Å². The van der Waals surface area contributed by atoms with Crippen molar-refractivity contribution in [1.82, 2.24) is 5.32 Å². The lowest BCUT2D eigenvalue weighted by atomic mass is 9.84. The molecule has 1 saturated carbocycles. The average Bonchev–Trinajstić information content (AvgIpc) is 2.85. The maximum Gasteiger partial charge on any atom is 0.137 e. The number of benzene rings is 1. The summed E-state index contributed by atoms with van der Waals surface area (Å²) < 4.78 is 6.14. The van der Waals surface area contributed by atoms with Crippen LogP contribution in [0.2, 0.25) is 0 Å². The lowest BCUT2D eigenvalue weighted by Crippen LogP contribution is -2.33. The van der Waals surface area contributed by atoms with Crippen molar-refractivity contribution in [3.8, 4) is 0 Å². The molecule has 0 radical (unpaired) electrons. The molecule has 2 heteroatoms. The summed E-state index contributed by atoms with van der Waals surface area (Å²) in [6.07, 6.45) is 5.09. The Bertz CT molecular complexity index is 555. The Morgan fingerprint density at radius 2 is 2.21 bits per heavy atom. The normalized spacial score (nSPS) is 23.9. The Balaban J connectivity index is 1.85. The topological polar surface area (TPSA) is 25.2 Å². The summed E-state index contributed by atoms with van der Waals surface area (Å²) in [4.78, 5) is 0. The Kier molecular flexibility index (Phi) is 3.61. The number of para-hydroxylation sites is 1. The van der Waals surface area contributed by atoms with Gasteiger partial charge in [-0.15, -0.1) is 0 Å². The van der Waals surface area contributed by atoms with E-state index in [9.17, 15) is 0 Å². The van der Waals surface area contributed by atoms with Crippen molar-refractivity contribution >= 4 is 11.0 Å². The largest absolute Gasteiger partial charge is 0.461 e. The number of rotatable bonds is 3. The molecule has 102 valence electrons. The summed E-state index contributed by atoms with van der Waals surface area (Å²) in [7, 11) is 0. The fraction of sp³-hybridized carbons (Fsp3) is 0.529. The first-order valence-corrected chi connectivity index (χ1v) is 7.50. The van der Waals surface area contributed by atoms with E-state index in [1.54, 1.807) is 0 Å². The molecule has 1 aromatic heterocycles. The molecule has 0 amide bonds. The van der Waals surface area contributed by atoms with Crippen LogP contribution in [-0.4, -0.2) is 12.6 Å². The van der Waals surface area contributed by atoms with Crippen molar-refractivity contribution in [1.29, 1.82) is 0 Å². The van der Waals surface area contributed by atoms with Gasteiger partial charge in [0.1, 0.15) is 11.3 Å². The highest BCUT2D eigenvalue weighted by molar-refractivity contribution is 5.81. The van der Waals surface area contributed by atoms with E-state index in [2.05, 4.69) is 43.4 Å². The summed E-state index contributed by atoms with van der Waals surface area (Å²) in [6.45, 7) is 5.38. The second-order valence-electron chi connectivity index (χ2n) is 5.76. The van der Waals surface area contributed by atoms with Gasteiger partial charge in [0.15, 0.2) is 0 Å². The van der Waals surface area contributed by atoms with Gasteiger partial charge < -0.3 is 9.73 Å². The Morgan fingerprint density at radius 1 is 1.32 bits per heavy atom. The van der Waals surface area contributed by atoms with E-state index in [0.29, 0.717) is 12.0 Å². The third-order valence-corrected chi connectivity index (χ3v) is 4.33. The van der Waals surface area contributed by atoms with Crippen LogP contribution in [0.5, 0.6) is 0 Å². The SMILES string of the molecule is CCNC1CCCC(c2cc3cccc(C)c3o2)C1. The minimum Gasteiger partial charge on any atom is -0.461 e. The van der Waals surface area contributed by atoms with Crippen molar-refractivity contribution in [2.24, 2.45) is 0 Å². The van der Waals surface area contributed by atoms with Crippen LogP contribution in [0.3, 0.4) is 0 Å². The minimum atomic E-state index is 0.588. The molecule has 19 heavy (non-hydrogen) atoms. The fourth-order valence-corrected chi connectivity index (χ4v) is 3.35. The zero-order valence-corrected chi connectivity index (χ0v) is 11.9. The number of aryl methyl sites for hydroxylation is 1. The van der Waals surface area contributed by atoms with Crippen LogP contribution in [-0.2, 0) is 0 Å². The Morgan fingerprint density at radius 3 is 3.00 bits per heavy atom. The summed E-state index contributed by atoms with van der Waals surface area (Å²) in [5.74, 6) is 1.77. The van der Waals surface area contributed by atoms with E-state index in [-0.39, 0.29) is 0 Å². The van der Waals surface area contributed by atoms with Gasteiger partial charge in [-0.1, -0.05) is 31.5 Å². The second-order valence-corrected chi connectivity index (χ2v) is 5.76. The lowest BCUT2D eigenvalue weighted by molar-refractivity contribution is 0.316. The molecular weight excluding hydrogens is 234 g/mol. The molecule has 2 aromatic rings. The van der Waals surface area contributed by atoms with Crippen molar-refractivity contribution in [2.45, 2.75) is 51.5 Å². The molecular formula is C17H23NO. The number of hydrogen-bond donors (Lipinski definition) is 1. The maximum atomic E-state index is 6.14. The van der Waals surface area contributed by atoms with Crippen molar-refractivity contribution in [2.75, 3.05) is 6.54 Å². The zero-order chi connectivity index (χ0) is 13.2. The van der Waals surface area contributed by atoms with Crippen LogP contribution in [0, 0.1) is 6.92 Å². The van der Waals surface area contributed by atoms with Gasteiger partial charge in [0.2, 0.25) is 0 Å². The standard InChI is InChI=1S/C17H23NO/c1-3-18-15-9-5-7-13(10-15)16-11-14-8-4-6-12(2)17(14)19-16/h4,6,8,11,13,15,18H,3,5,7,9-10H2,1-2H3. The summed E-state index contributed by atoms with van der Waals surface area (Å²) in [5.41, 5.74) is 2.31. The minimum absolute atomic E-state index is 0.588.